The molecule has 3 heterocycles. The van der Waals surface area contributed by atoms with Crippen molar-refractivity contribution in [2.24, 2.45) is 0 Å². The highest BCUT2D eigenvalue weighted by Crippen LogP contribution is 2.43. The molecule has 0 spiro atoms. The molecule has 3 aromatic heterocycles. The molecule has 0 aliphatic heterocycles. The monoisotopic (exact) mass is 753 g/mol. The molecule has 0 aliphatic carbocycles. The SMILES string of the molecule is [2H]c1c([2H])c([2H])c2c(c1[2H])c1c(c([2H])c([2H])c3c4c([2H])c([2H])c([2H])c([2H])c4n(-c4nc(-c5ccc(-c6ccccc6)cc5)nc(-c5ccc(C)c(C)c5)n4)c31)n2-c1ccccc1-c1ccccc1. The minimum atomic E-state index is -0.556. The number of para-hydroxylation sites is 3. The highest BCUT2D eigenvalue weighted by Gasteiger charge is 2.24. The molecule has 0 saturated carbocycles. The van der Waals surface area contributed by atoms with Crippen molar-refractivity contribution < 1.29 is 13.7 Å². The number of benzene rings is 8. The molecule has 0 fully saturated rings. The van der Waals surface area contributed by atoms with E-state index in [0.29, 0.717) is 22.4 Å². The smallest absolute Gasteiger partial charge is 0.238 e. The third kappa shape index (κ3) is 5.43. The number of nitrogens with zero attached hydrogens (tertiary/aromatic N) is 5. The van der Waals surface area contributed by atoms with Gasteiger partial charge in [-0.15, -0.1) is 0 Å². The first-order valence-electron chi connectivity index (χ1n) is 23.9. The summed E-state index contributed by atoms with van der Waals surface area (Å²) < 4.78 is 96.5. The van der Waals surface area contributed by atoms with Gasteiger partial charge in [0.25, 0.3) is 0 Å². The largest absolute Gasteiger partial charge is 0.309 e. The maximum atomic E-state index is 9.87. The van der Waals surface area contributed by atoms with Crippen molar-refractivity contribution in [1.29, 1.82) is 0 Å². The summed E-state index contributed by atoms with van der Waals surface area (Å²) in [5.74, 6) is 0.404. The molecule has 8 aromatic carbocycles. The minimum absolute atomic E-state index is 0.0202. The summed E-state index contributed by atoms with van der Waals surface area (Å²) in [6.45, 7) is 3.97. The summed E-state index contributed by atoms with van der Waals surface area (Å²) >= 11 is 0. The van der Waals surface area contributed by atoms with Crippen molar-refractivity contribution in [1.82, 2.24) is 24.1 Å². The molecule has 0 N–H and O–H groups in total. The van der Waals surface area contributed by atoms with Crippen LogP contribution in [0.5, 0.6) is 0 Å². The van der Waals surface area contributed by atoms with E-state index in [1.165, 1.54) is 4.57 Å². The molecule has 0 unspecified atom stereocenters. The van der Waals surface area contributed by atoms with Crippen LogP contribution < -0.4 is 0 Å². The molecule has 0 bridgehead atoms. The first-order chi connectivity index (χ1) is 32.8. The Morgan fingerprint density at radius 1 is 0.431 bits per heavy atom. The average molecular weight is 754 g/mol. The predicted octanol–water partition coefficient (Wildman–Crippen LogP) is 13.4. The van der Waals surface area contributed by atoms with Gasteiger partial charge in [-0.05, 0) is 71.9 Å². The quantitative estimate of drug-likeness (QED) is 0.170. The number of fused-ring (bicyclic) bond motifs is 7. The van der Waals surface area contributed by atoms with Crippen LogP contribution in [0.25, 0.3) is 100 Å². The Morgan fingerprint density at radius 3 is 1.76 bits per heavy atom. The van der Waals surface area contributed by atoms with E-state index in [2.05, 4.69) is 0 Å². The Balaban J connectivity index is 1.36. The summed E-state index contributed by atoms with van der Waals surface area (Å²) in [5, 5.41) is 0.0293. The number of aryl methyl sites for hydroxylation is 2. The molecule has 5 nitrogen and oxygen atoms in total. The lowest BCUT2D eigenvalue weighted by Crippen LogP contribution is -2.06. The standard InChI is InChI=1S/C53H37N5/c1-34-25-26-40(33-35(34)2)52-54-51(39-29-27-37(28-30-39)36-15-5-3-6-16-36)55-53(56-52)58-46-23-13-10-20-42(46)43-31-32-48-49(50(43)58)44-21-11-14-24-47(44)57(48)45-22-12-9-19-41(45)38-17-7-4-8-18-38/h3-33H,1-2H3/i10D,11D,13D,14D,20D,21D,23D,24D,31D,32D. The third-order valence-electron chi connectivity index (χ3n) is 10.8. The van der Waals surface area contributed by atoms with Crippen LogP contribution in [0.1, 0.15) is 24.8 Å². The first kappa shape index (κ1) is 24.8. The molecule has 58 heavy (non-hydrogen) atoms. The van der Waals surface area contributed by atoms with Crippen LogP contribution in [0.15, 0.2) is 188 Å². The summed E-state index contributed by atoms with van der Waals surface area (Å²) in [6.07, 6.45) is 0. The third-order valence-corrected chi connectivity index (χ3v) is 10.8. The number of hydrogen-bond acceptors (Lipinski definition) is 3. The molecule has 274 valence electrons. The second kappa shape index (κ2) is 13.5. The van der Waals surface area contributed by atoms with E-state index in [0.717, 1.165) is 27.8 Å². The maximum absolute atomic E-state index is 9.87. The van der Waals surface area contributed by atoms with Crippen LogP contribution in [0, 0.1) is 13.8 Å². The Hall–Kier alpha value is -7.63. The van der Waals surface area contributed by atoms with Crippen molar-refractivity contribution >= 4 is 43.6 Å². The molecule has 0 amide bonds. The normalized spacial score (nSPS) is 14.0. The summed E-state index contributed by atoms with van der Waals surface area (Å²) in [5.41, 5.74) is 7.29. The predicted molar refractivity (Wildman–Crippen MR) is 240 cm³/mol. The van der Waals surface area contributed by atoms with E-state index in [1.807, 2.05) is 129 Å². The summed E-state index contributed by atoms with van der Waals surface area (Å²) in [7, 11) is 0. The van der Waals surface area contributed by atoms with Gasteiger partial charge in [0, 0.05) is 38.2 Å². The number of aromatic nitrogens is 5. The molecular formula is C53H37N5. The second-order valence-corrected chi connectivity index (χ2v) is 14.2. The highest BCUT2D eigenvalue weighted by atomic mass is 15.2. The zero-order valence-electron chi connectivity index (χ0n) is 41.4. The Morgan fingerprint density at radius 2 is 1.02 bits per heavy atom. The summed E-state index contributed by atoms with van der Waals surface area (Å²) in [6, 6.07) is 35.6. The molecule has 0 saturated heterocycles. The van der Waals surface area contributed by atoms with Gasteiger partial charge in [-0.1, -0.05) is 158 Å². The lowest BCUT2D eigenvalue weighted by molar-refractivity contribution is 0.955. The van der Waals surface area contributed by atoms with E-state index >= 15 is 0 Å². The molecule has 0 radical (unpaired) electrons. The average Bonchev–Trinajstić information content (AvgIpc) is 3.92. The molecule has 11 aromatic rings. The van der Waals surface area contributed by atoms with Gasteiger partial charge in [-0.25, -0.2) is 4.98 Å². The fourth-order valence-corrected chi connectivity index (χ4v) is 7.84. The second-order valence-electron chi connectivity index (χ2n) is 14.2. The zero-order valence-corrected chi connectivity index (χ0v) is 31.4. The van der Waals surface area contributed by atoms with Crippen LogP contribution in [0.2, 0.25) is 0 Å². The molecule has 5 heteroatoms. The van der Waals surface area contributed by atoms with Crippen molar-refractivity contribution in [3.05, 3.63) is 199 Å². The minimum Gasteiger partial charge on any atom is -0.309 e. The van der Waals surface area contributed by atoms with Crippen molar-refractivity contribution in [3.8, 4) is 56.7 Å². The Bertz CT molecular complexity index is 3930. The molecule has 11 rings (SSSR count). The van der Waals surface area contributed by atoms with E-state index < -0.39 is 48.3 Å². The summed E-state index contributed by atoms with van der Waals surface area (Å²) in [4.78, 5) is 15.2. The van der Waals surface area contributed by atoms with Gasteiger partial charge >= 0.3 is 0 Å². The molecule has 0 atom stereocenters. The fraction of sp³-hybridized carbons (Fsp3) is 0.0377. The van der Waals surface area contributed by atoms with Gasteiger partial charge < -0.3 is 4.57 Å². The van der Waals surface area contributed by atoms with Crippen molar-refractivity contribution in [3.63, 3.8) is 0 Å². The number of hydrogen-bond donors (Lipinski definition) is 0. The van der Waals surface area contributed by atoms with Gasteiger partial charge in [0.05, 0.1) is 41.5 Å². The van der Waals surface area contributed by atoms with Crippen molar-refractivity contribution in [2.45, 2.75) is 13.8 Å². The van der Waals surface area contributed by atoms with Gasteiger partial charge in [-0.2, -0.15) is 9.97 Å². The first-order valence-corrected chi connectivity index (χ1v) is 18.9. The van der Waals surface area contributed by atoms with Gasteiger partial charge in [0.2, 0.25) is 5.95 Å². The lowest BCUT2D eigenvalue weighted by atomic mass is 10.0. The fourth-order valence-electron chi connectivity index (χ4n) is 7.84. The Kier molecular flexibility index (Phi) is 5.79. The van der Waals surface area contributed by atoms with Crippen LogP contribution in [0.3, 0.4) is 0 Å². The Labute approximate surface area is 350 Å². The van der Waals surface area contributed by atoms with Gasteiger partial charge in [0.15, 0.2) is 11.6 Å². The van der Waals surface area contributed by atoms with Gasteiger partial charge in [0.1, 0.15) is 0 Å². The van der Waals surface area contributed by atoms with Crippen LogP contribution in [-0.2, 0) is 0 Å². The van der Waals surface area contributed by atoms with Gasteiger partial charge in [-0.3, -0.25) is 4.57 Å². The molecule has 0 aliphatic rings. The van der Waals surface area contributed by atoms with Crippen LogP contribution in [0.4, 0.5) is 0 Å². The molecular weight excluding hydrogens is 707 g/mol. The number of rotatable bonds is 6. The van der Waals surface area contributed by atoms with E-state index in [9.17, 15) is 8.22 Å². The van der Waals surface area contributed by atoms with E-state index in [4.69, 9.17) is 20.4 Å². The highest BCUT2D eigenvalue weighted by molar-refractivity contribution is 6.26. The lowest BCUT2D eigenvalue weighted by Gasteiger charge is -2.14. The van der Waals surface area contributed by atoms with Crippen LogP contribution in [-0.4, -0.2) is 24.1 Å². The zero-order chi connectivity index (χ0) is 47.4. The van der Waals surface area contributed by atoms with E-state index in [-0.39, 0.29) is 73.3 Å². The van der Waals surface area contributed by atoms with Crippen molar-refractivity contribution in [2.75, 3.05) is 0 Å². The maximum Gasteiger partial charge on any atom is 0.238 e. The topological polar surface area (TPSA) is 48.5 Å². The van der Waals surface area contributed by atoms with Crippen LogP contribution >= 0.6 is 0 Å². The van der Waals surface area contributed by atoms with E-state index in [1.54, 1.807) is 16.7 Å².